The molecule has 0 fully saturated rings. The predicted molar refractivity (Wildman–Crippen MR) is 76.6 cm³/mol. The zero-order valence-corrected chi connectivity index (χ0v) is 10.8. The monoisotopic (exact) mass is 270 g/mol. The molecule has 94 valence electrons. The maximum absolute atomic E-state index is 12.4. The Balaban J connectivity index is 2.13. The zero-order valence-electron chi connectivity index (χ0n) is 10.1. The van der Waals surface area contributed by atoms with Crippen molar-refractivity contribution in [2.24, 2.45) is 0 Å². The molecular formula is C15H11ClN2O. The fourth-order valence-electron chi connectivity index (χ4n) is 2.11. The molecule has 0 aliphatic rings. The first-order valence-corrected chi connectivity index (χ1v) is 6.32. The Morgan fingerprint density at radius 3 is 2.74 bits per heavy atom. The summed E-state index contributed by atoms with van der Waals surface area (Å²) in [5.41, 5.74) is 2.43. The molecule has 3 nitrogen and oxygen atoms in total. The van der Waals surface area contributed by atoms with Gasteiger partial charge in [0.25, 0.3) is 0 Å². The lowest BCUT2D eigenvalue weighted by molar-refractivity contribution is 1.14. The highest BCUT2D eigenvalue weighted by Crippen LogP contribution is 2.16. The lowest BCUT2D eigenvalue weighted by Gasteiger charge is -2.04. The molecule has 0 atom stereocenters. The summed E-state index contributed by atoms with van der Waals surface area (Å²) in [4.78, 5) is 19.5. The number of aromatic nitrogens is 2. The van der Waals surface area contributed by atoms with E-state index in [4.69, 9.17) is 11.6 Å². The molecule has 0 spiro atoms. The van der Waals surface area contributed by atoms with Gasteiger partial charge in [0.05, 0.1) is 10.9 Å². The van der Waals surface area contributed by atoms with Crippen LogP contribution in [0.5, 0.6) is 0 Å². The number of fused-ring (bicyclic) bond motifs is 1. The van der Waals surface area contributed by atoms with Crippen molar-refractivity contribution in [1.82, 2.24) is 9.97 Å². The number of H-pyrrole nitrogens is 1. The molecule has 2 heterocycles. The molecule has 1 aromatic carbocycles. The number of aromatic amines is 1. The normalized spacial score (nSPS) is 10.8. The zero-order chi connectivity index (χ0) is 13.2. The van der Waals surface area contributed by atoms with Crippen LogP contribution >= 0.6 is 11.6 Å². The molecule has 0 amide bonds. The standard InChI is InChI=1S/C15H11ClN2O/c16-15-13-12(6-7-17-15)18-9-11(14(13)19)8-10-4-2-1-3-5-10/h1-7,9H,8H2,(H,18,19). The third-order valence-corrected chi connectivity index (χ3v) is 3.35. The van der Waals surface area contributed by atoms with Crippen LogP contribution < -0.4 is 5.43 Å². The number of nitrogens with one attached hydrogen (secondary N) is 1. The maximum atomic E-state index is 12.4. The second-order valence-corrected chi connectivity index (χ2v) is 4.69. The van der Waals surface area contributed by atoms with Gasteiger partial charge < -0.3 is 4.98 Å². The minimum absolute atomic E-state index is 0.0595. The summed E-state index contributed by atoms with van der Waals surface area (Å²) in [7, 11) is 0. The molecule has 0 saturated heterocycles. The van der Waals surface area contributed by atoms with Gasteiger partial charge >= 0.3 is 0 Å². The van der Waals surface area contributed by atoms with Crippen LogP contribution in [0.15, 0.2) is 53.6 Å². The van der Waals surface area contributed by atoms with E-state index in [1.165, 1.54) is 0 Å². The summed E-state index contributed by atoms with van der Waals surface area (Å²) in [5.74, 6) is 0. The van der Waals surface area contributed by atoms with E-state index in [1.54, 1.807) is 18.5 Å². The van der Waals surface area contributed by atoms with Gasteiger partial charge in [0.15, 0.2) is 5.43 Å². The first-order valence-electron chi connectivity index (χ1n) is 5.94. The Labute approximate surface area is 114 Å². The van der Waals surface area contributed by atoms with Gasteiger partial charge in [-0.3, -0.25) is 4.79 Å². The third-order valence-electron chi connectivity index (χ3n) is 3.06. The van der Waals surface area contributed by atoms with Crippen molar-refractivity contribution in [2.75, 3.05) is 0 Å². The Morgan fingerprint density at radius 2 is 1.95 bits per heavy atom. The van der Waals surface area contributed by atoms with Crippen LogP contribution in [0, 0.1) is 0 Å². The lowest BCUT2D eigenvalue weighted by atomic mass is 10.1. The molecule has 0 saturated carbocycles. The van der Waals surface area contributed by atoms with Crippen LogP contribution in [-0.2, 0) is 6.42 Å². The molecule has 0 unspecified atom stereocenters. The largest absolute Gasteiger partial charge is 0.361 e. The van der Waals surface area contributed by atoms with Gasteiger partial charge in [-0.15, -0.1) is 0 Å². The number of nitrogens with zero attached hydrogens (tertiary/aromatic N) is 1. The van der Waals surface area contributed by atoms with Crippen molar-refractivity contribution in [2.45, 2.75) is 6.42 Å². The molecule has 3 aromatic rings. The average molecular weight is 271 g/mol. The fraction of sp³-hybridized carbons (Fsp3) is 0.0667. The summed E-state index contributed by atoms with van der Waals surface area (Å²) in [5, 5.41) is 0.700. The molecule has 0 aliphatic carbocycles. The van der Waals surface area contributed by atoms with Crippen molar-refractivity contribution < 1.29 is 0 Å². The smallest absolute Gasteiger partial charge is 0.196 e. The van der Waals surface area contributed by atoms with E-state index in [1.807, 2.05) is 30.3 Å². The van der Waals surface area contributed by atoms with Gasteiger partial charge in [0.1, 0.15) is 5.15 Å². The number of hydrogen-bond donors (Lipinski definition) is 1. The second kappa shape index (κ2) is 4.86. The van der Waals surface area contributed by atoms with E-state index in [2.05, 4.69) is 9.97 Å². The Kier molecular flexibility index (Phi) is 3.05. The van der Waals surface area contributed by atoms with Crippen LogP contribution in [-0.4, -0.2) is 9.97 Å². The van der Waals surface area contributed by atoms with Crippen LogP contribution in [0.2, 0.25) is 5.15 Å². The molecule has 0 bridgehead atoms. The quantitative estimate of drug-likeness (QED) is 0.727. The van der Waals surface area contributed by atoms with Gasteiger partial charge in [0.2, 0.25) is 0 Å². The molecule has 1 N–H and O–H groups in total. The van der Waals surface area contributed by atoms with E-state index in [9.17, 15) is 4.79 Å². The number of halogens is 1. The van der Waals surface area contributed by atoms with Gasteiger partial charge in [-0.25, -0.2) is 4.98 Å². The highest BCUT2D eigenvalue weighted by molar-refractivity contribution is 6.34. The topological polar surface area (TPSA) is 45.8 Å². The van der Waals surface area contributed by atoms with Crippen molar-refractivity contribution in [3.8, 4) is 0 Å². The fourth-order valence-corrected chi connectivity index (χ4v) is 2.35. The van der Waals surface area contributed by atoms with Gasteiger partial charge in [-0.1, -0.05) is 41.9 Å². The summed E-state index contributed by atoms with van der Waals surface area (Å²) in [6, 6.07) is 11.6. The molecule has 2 aromatic heterocycles. The van der Waals surface area contributed by atoms with E-state index in [0.717, 1.165) is 5.56 Å². The lowest BCUT2D eigenvalue weighted by Crippen LogP contribution is -2.11. The van der Waals surface area contributed by atoms with E-state index >= 15 is 0 Å². The SMILES string of the molecule is O=c1c(Cc2ccccc2)c[nH]c2ccnc(Cl)c12. The minimum Gasteiger partial charge on any atom is -0.361 e. The summed E-state index contributed by atoms with van der Waals surface area (Å²) in [6.45, 7) is 0. The van der Waals surface area contributed by atoms with Gasteiger partial charge in [-0.2, -0.15) is 0 Å². The van der Waals surface area contributed by atoms with Crippen LogP contribution in [0.1, 0.15) is 11.1 Å². The van der Waals surface area contributed by atoms with Crippen molar-refractivity contribution in [1.29, 1.82) is 0 Å². The number of hydrogen-bond acceptors (Lipinski definition) is 2. The Bertz CT molecular complexity index is 781. The van der Waals surface area contributed by atoms with Gasteiger partial charge in [0, 0.05) is 24.4 Å². The first kappa shape index (κ1) is 11.9. The molecule has 3 rings (SSSR count). The van der Waals surface area contributed by atoms with Crippen molar-refractivity contribution in [3.63, 3.8) is 0 Å². The molecule has 0 radical (unpaired) electrons. The summed E-state index contributed by atoms with van der Waals surface area (Å²) in [6.07, 6.45) is 3.91. The number of benzene rings is 1. The average Bonchev–Trinajstić information content (AvgIpc) is 2.43. The molecule has 19 heavy (non-hydrogen) atoms. The third kappa shape index (κ3) is 2.25. The van der Waals surface area contributed by atoms with E-state index in [-0.39, 0.29) is 10.6 Å². The highest BCUT2D eigenvalue weighted by Gasteiger charge is 2.09. The number of pyridine rings is 2. The van der Waals surface area contributed by atoms with Crippen LogP contribution in [0.4, 0.5) is 0 Å². The second-order valence-electron chi connectivity index (χ2n) is 4.33. The van der Waals surface area contributed by atoms with Crippen LogP contribution in [0.25, 0.3) is 10.9 Å². The molecule has 4 heteroatoms. The maximum Gasteiger partial charge on any atom is 0.196 e. The Hall–Kier alpha value is -2.13. The number of rotatable bonds is 2. The molecule has 0 aliphatic heterocycles. The first-order chi connectivity index (χ1) is 9.25. The van der Waals surface area contributed by atoms with E-state index in [0.29, 0.717) is 22.9 Å². The Morgan fingerprint density at radius 1 is 1.16 bits per heavy atom. The van der Waals surface area contributed by atoms with E-state index < -0.39 is 0 Å². The summed E-state index contributed by atoms with van der Waals surface area (Å²) < 4.78 is 0. The van der Waals surface area contributed by atoms with Crippen molar-refractivity contribution in [3.05, 3.63) is 75.3 Å². The van der Waals surface area contributed by atoms with Gasteiger partial charge in [-0.05, 0) is 11.6 Å². The minimum atomic E-state index is -0.0595. The predicted octanol–water partition coefficient (Wildman–Crippen LogP) is 3.17. The van der Waals surface area contributed by atoms with Crippen LogP contribution in [0.3, 0.4) is 0 Å². The highest BCUT2D eigenvalue weighted by atomic mass is 35.5. The van der Waals surface area contributed by atoms with Crippen molar-refractivity contribution >= 4 is 22.5 Å². The molecular weight excluding hydrogens is 260 g/mol. The summed E-state index contributed by atoms with van der Waals surface area (Å²) >= 11 is 6.01.